The fraction of sp³-hybridized carbons (Fsp3) is 0.250. The maximum atomic E-state index is 13.1. The van der Waals surface area contributed by atoms with Gasteiger partial charge in [-0.3, -0.25) is 0 Å². The molecule has 0 bridgehead atoms. The van der Waals surface area contributed by atoms with Crippen LogP contribution in [0.4, 0.5) is 8.78 Å². The lowest BCUT2D eigenvalue weighted by molar-refractivity contribution is 0.496. The zero-order chi connectivity index (χ0) is 10.9. The first-order chi connectivity index (χ1) is 6.34. The third-order valence-electron chi connectivity index (χ3n) is 1.91. The Morgan fingerprint density at radius 3 is 2.43 bits per heavy atom. The molecule has 0 aliphatic heterocycles. The summed E-state index contributed by atoms with van der Waals surface area (Å²) in [6.07, 6.45) is 0. The average molecular weight is 221 g/mol. The van der Waals surface area contributed by atoms with Crippen molar-refractivity contribution in [1.29, 1.82) is 0 Å². The fourth-order valence-corrected chi connectivity index (χ4v) is 1.55. The molecular formula is C8H9F2NO2S. The molecule has 0 saturated carbocycles. The van der Waals surface area contributed by atoms with Crippen LogP contribution in [-0.2, 0) is 10.0 Å². The minimum Gasteiger partial charge on any atom is -0.228 e. The van der Waals surface area contributed by atoms with E-state index in [1.165, 1.54) is 19.1 Å². The third kappa shape index (κ3) is 2.08. The van der Waals surface area contributed by atoms with E-state index < -0.39 is 26.9 Å². The summed E-state index contributed by atoms with van der Waals surface area (Å²) >= 11 is 0. The molecule has 0 heterocycles. The van der Waals surface area contributed by atoms with Gasteiger partial charge in [0, 0.05) is 5.56 Å². The molecule has 1 unspecified atom stereocenters. The van der Waals surface area contributed by atoms with Crippen LogP contribution in [0, 0.1) is 11.6 Å². The monoisotopic (exact) mass is 221 g/mol. The van der Waals surface area contributed by atoms with Crippen molar-refractivity contribution >= 4 is 10.0 Å². The van der Waals surface area contributed by atoms with E-state index in [2.05, 4.69) is 0 Å². The fourth-order valence-electron chi connectivity index (χ4n) is 1.01. The van der Waals surface area contributed by atoms with E-state index in [1.54, 1.807) is 0 Å². The minimum absolute atomic E-state index is 0.257. The summed E-state index contributed by atoms with van der Waals surface area (Å²) < 4.78 is 47.6. The van der Waals surface area contributed by atoms with Crippen molar-refractivity contribution in [3.05, 3.63) is 35.4 Å². The Bertz CT molecular complexity index is 445. The summed E-state index contributed by atoms with van der Waals surface area (Å²) in [6.45, 7) is 1.20. The van der Waals surface area contributed by atoms with E-state index in [1.807, 2.05) is 0 Å². The first kappa shape index (κ1) is 11.1. The van der Waals surface area contributed by atoms with E-state index in [4.69, 9.17) is 5.14 Å². The molecule has 0 radical (unpaired) electrons. The number of primary sulfonamides is 1. The number of halogens is 2. The maximum absolute atomic E-state index is 13.1. The summed E-state index contributed by atoms with van der Waals surface area (Å²) in [5.74, 6) is -2.26. The van der Waals surface area contributed by atoms with Gasteiger partial charge in [-0.2, -0.15) is 0 Å². The maximum Gasteiger partial charge on any atom is 0.215 e. The highest BCUT2D eigenvalue weighted by atomic mass is 32.2. The Balaban J connectivity index is 3.28. The second kappa shape index (κ2) is 3.62. The highest BCUT2D eigenvalue weighted by Gasteiger charge is 2.22. The van der Waals surface area contributed by atoms with Crippen LogP contribution < -0.4 is 5.14 Å². The molecule has 0 aromatic heterocycles. The first-order valence-electron chi connectivity index (χ1n) is 3.79. The predicted octanol–water partition coefficient (Wildman–Crippen LogP) is 1.31. The lowest BCUT2D eigenvalue weighted by atomic mass is 10.1. The number of nitrogens with two attached hydrogens (primary N) is 1. The molecule has 3 nitrogen and oxygen atoms in total. The molecule has 78 valence electrons. The van der Waals surface area contributed by atoms with Crippen LogP contribution >= 0.6 is 0 Å². The summed E-state index contributed by atoms with van der Waals surface area (Å²) in [4.78, 5) is 0. The lowest BCUT2D eigenvalue weighted by Gasteiger charge is -2.10. The molecule has 2 N–H and O–H groups in total. The van der Waals surface area contributed by atoms with E-state index in [-0.39, 0.29) is 5.56 Å². The van der Waals surface area contributed by atoms with Gasteiger partial charge in [-0.25, -0.2) is 22.3 Å². The molecule has 1 atom stereocenters. The van der Waals surface area contributed by atoms with Gasteiger partial charge in [-0.15, -0.1) is 0 Å². The molecular weight excluding hydrogens is 212 g/mol. The van der Waals surface area contributed by atoms with Crippen molar-refractivity contribution in [2.24, 2.45) is 5.14 Å². The van der Waals surface area contributed by atoms with Gasteiger partial charge < -0.3 is 0 Å². The predicted molar refractivity (Wildman–Crippen MR) is 47.9 cm³/mol. The Labute approximate surface area is 80.6 Å². The van der Waals surface area contributed by atoms with Crippen molar-refractivity contribution in [3.8, 4) is 0 Å². The van der Waals surface area contributed by atoms with Crippen molar-refractivity contribution in [1.82, 2.24) is 0 Å². The molecule has 1 aromatic rings. The van der Waals surface area contributed by atoms with Crippen LogP contribution in [0.2, 0.25) is 0 Å². The molecule has 6 heteroatoms. The lowest BCUT2D eigenvalue weighted by Crippen LogP contribution is -2.20. The van der Waals surface area contributed by atoms with Gasteiger partial charge in [0.2, 0.25) is 10.0 Å². The number of hydrogen-bond donors (Lipinski definition) is 1. The molecule has 0 aliphatic rings. The molecule has 0 spiro atoms. The van der Waals surface area contributed by atoms with Crippen LogP contribution in [0.25, 0.3) is 0 Å². The standard InChI is InChI=1S/C8H9F2NO2S/c1-5(14(11,12)13)6-3-2-4-7(9)8(6)10/h2-5H,1H3,(H2,11,12,13). The van der Waals surface area contributed by atoms with Crippen LogP contribution in [-0.4, -0.2) is 8.42 Å². The zero-order valence-corrected chi connectivity index (χ0v) is 8.18. The van der Waals surface area contributed by atoms with Crippen molar-refractivity contribution < 1.29 is 17.2 Å². The summed E-state index contributed by atoms with van der Waals surface area (Å²) in [7, 11) is -3.90. The van der Waals surface area contributed by atoms with E-state index in [9.17, 15) is 17.2 Å². The van der Waals surface area contributed by atoms with Crippen LogP contribution in [0.5, 0.6) is 0 Å². The smallest absolute Gasteiger partial charge is 0.215 e. The largest absolute Gasteiger partial charge is 0.228 e. The quantitative estimate of drug-likeness (QED) is 0.818. The molecule has 1 aromatic carbocycles. The Morgan fingerprint density at radius 1 is 1.36 bits per heavy atom. The topological polar surface area (TPSA) is 60.2 Å². The van der Waals surface area contributed by atoms with Gasteiger partial charge in [-0.05, 0) is 13.0 Å². The summed E-state index contributed by atoms with van der Waals surface area (Å²) in [6, 6.07) is 3.33. The SMILES string of the molecule is CC(c1cccc(F)c1F)S(N)(=O)=O. The molecule has 0 amide bonds. The molecule has 0 saturated heterocycles. The van der Waals surface area contributed by atoms with Crippen LogP contribution in [0.3, 0.4) is 0 Å². The second-order valence-corrected chi connectivity index (χ2v) is 4.76. The number of rotatable bonds is 2. The third-order valence-corrected chi connectivity index (χ3v) is 3.15. The van der Waals surface area contributed by atoms with E-state index in [0.29, 0.717) is 0 Å². The minimum atomic E-state index is -3.90. The van der Waals surface area contributed by atoms with Crippen LogP contribution in [0.1, 0.15) is 17.7 Å². The van der Waals surface area contributed by atoms with Crippen molar-refractivity contribution in [3.63, 3.8) is 0 Å². The average Bonchev–Trinajstić information content (AvgIpc) is 2.07. The molecule has 0 fully saturated rings. The highest BCUT2D eigenvalue weighted by Crippen LogP contribution is 2.23. The van der Waals surface area contributed by atoms with Crippen LogP contribution in [0.15, 0.2) is 18.2 Å². The molecule has 1 rings (SSSR count). The van der Waals surface area contributed by atoms with Gasteiger partial charge in [-0.1, -0.05) is 12.1 Å². The van der Waals surface area contributed by atoms with Gasteiger partial charge in [0.1, 0.15) is 5.25 Å². The molecule has 0 aliphatic carbocycles. The summed E-state index contributed by atoms with van der Waals surface area (Å²) in [5.41, 5.74) is -0.257. The molecule has 14 heavy (non-hydrogen) atoms. The Morgan fingerprint density at radius 2 is 1.93 bits per heavy atom. The van der Waals surface area contributed by atoms with Crippen molar-refractivity contribution in [2.45, 2.75) is 12.2 Å². The highest BCUT2D eigenvalue weighted by molar-refractivity contribution is 7.89. The number of benzene rings is 1. The van der Waals surface area contributed by atoms with E-state index >= 15 is 0 Å². The second-order valence-electron chi connectivity index (χ2n) is 2.87. The van der Waals surface area contributed by atoms with E-state index in [0.717, 1.165) is 6.07 Å². The Hall–Kier alpha value is -1.01. The Kier molecular flexibility index (Phi) is 2.86. The van der Waals surface area contributed by atoms with Gasteiger partial charge >= 0.3 is 0 Å². The summed E-state index contributed by atoms with van der Waals surface area (Å²) in [5, 5.41) is 3.56. The first-order valence-corrected chi connectivity index (χ1v) is 5.40. The van der Waals surface area contributed by atoms with Gasteiger partial charge in [0.25, 0.3) is 0 Å². The van der Waals surface area contributed by atoms with Crippen molar-refractivity contribution in [2.75, 3.05) is 0 Å². The zero-order valence-electron chi connectivity index (χ0n) is 7.37. The van der Waals surface area contributed by atoms with Gasteiger partial charge in [0.15, 0.2) is 11.6 Å². The van der Waals surface area contributed by atoms with Gasteiger partial charge in [0.05, 0.1) is 0 Å². The number of hydrogen-bond acceptors (Lipinski definition) is 2. The normalized spacial score (nSPS) is 14.0. The number of sulfonamides is 1.